The van der Waals surface area contributed by atoms with Gasteiger partial charge in [-0.3, -0.25) is 9.59 Å². The lowest BCUT2D eigenvalue weighted by Crippen LogP contribution is -2.35. The number of carbonyl (C=O) groups is 2. The molecule has 1 N–H and O–H groups in total. The van der Waals surface area contributed by atoms with Crippen LogP contribution in [-0.2, 0) is 4.79 Å². The van der Waals surface area contributed by atoms with Gasteiger partial charge in [-0.15, -0.1) is 10.2 Å². The molecule has 0 radical (unpaired) electrons. The van der Waals surface area contributed by atoms with Crippen molar-refractivity contribution < 1.29 is 18.7 Å². The van der Waals surface area contributed by atoms with Crippen LogP contribution in [0.3, 0.4) is 0 Å². The molecule has 2 aromatic carbocycles. The maximum absolute atomic E-state index is 14.0. The molecule has 7 nitrogen and oxygen atoms in total. The molecule has 0 bridgehead atoms. The van der Waals surface area contributed by atoms with Crippen LogP contribution in [0.4, 0.5) is 9.52 Å². The standard InChI is InChI=1S/C23H25FN4O3S/c1-3-4-14-28(22(30)18-7-5-6-8-19(18)24)15-13-20(29)25-23-27-26-21(32-23)16-9-11-17(31-2)12-10-16/h5-12H,3-4,13-15H2,1-2H3,(H,25,27,29). The quantitative estimate of drug-likeness (QED) is 0.481. The van der Waals surface area contributed by atoms with Crippen LogP contribution < -0.4 is 10.1 Å². The molecule has 1 aromatic heterocycles. The van der Waals surface area contributed by atoms with E-state index in [1.54, 1.807) is 13.2 Å². The van der Waals surface area contributed by atoms with E-state index in [0.29, 0.717) is 16.7 Å². The van der Waals surface area contributed by atoms with Gasteiger partial charge in [0.05, 0.1) is 12.7 Å². The van der Waals surface area contributed by atoms with Gasteiger partial charge in [0.25, 0.3) is 5.91 Å². The molecule has 0 aliphatic heterocycles. The number of carbonyl (C=O) groups excluding carboxylic acids is 2. The topological polar surface area (TPSA) is 84.4 Å². The number of nitrogens with zero attached hydrogens (tertiary/aromatic N) is 3. The summed E-state index contributed by atoms with van der Waals surface area (Å²) in [5, 5.41) is 11.9. The molecule has 168 valence electrons. The Kier molecular flexibility index (Phi) is 8.27. The van der Waals surface area contributed by atoms with Crippen molar-refractivity contribution in [2.24, 2.45) is 0 Å². The van der Waals surface area contributed by atoms with Crippen molar-refractivity contribution in [2.75, 3.05) is 25.5 Å². The Morgan fingerprint density at radius 3 is 2.53 bits per heavy atom. The molecule has 0 aliphatic carbocycles. The molecule has 9 heteroatoms. The van der Waals surface area contributed by atoms with Crippen molar-refractivity contribution in [1.82, 2.24) is 15.1 Å². The number of anilines is 1. The summed E-state index contributed by atoms with van der Waals surface area (Å²) >= 11 is 1.26. The Hall–Kier alpha value is -3.33. The molecule has 0 unspecified atom stereocenters. The summed E-state index contributed by atoms with van der Waals surface area (Å²) in [7, 11) is 1.60. The van der Waals surface area contributed by atoms with Gasteiger partial charge in [0, 0.05) is 25.1 Å². The van der Waals surface area contributed by atoms with Gasteiger partial charge >= 0.3 is 0 Å². The van der Waals surface area contributed by atoms with E-state index >= 15 is 0 Å². The Labute approximate surface area is 190 Å². The third-order valence-corrected chi connectivity index (χ3v) is 5.68. The predicted octanol–water partition coefficient (Wildman–Crippen LogP) is 4.62. The van der Waals surface area contributed by atoms with Crippen molar-refractivity contribution in [3.63, 3.8) is 0 Å². The smallest absolute Gasteiger partial charge is 0.256 e. The van der Waals surface area contributed by atoms with Gasteiger partial charge < -0.3 is 15.0 Å². The molecule has 3 aromatic rings. The first-order valence-corrected chi connectivity index (χ1v) is 11.1. The fraction of sp³-hybridized carbons (Fsp3) is 0.304. The van der Waals surface area contributed by atoms with Crippen molar-refractivity contribution in [3.8, 4) is 16.3 Å². The Bertz CT molecular complexity index is 1060. The molecule has 32 heavy (non-hydrogen) atoms. The first-order valence-electron chi connectivity index (χ1n) is 10.3. The van der Waals surface area contributed by atoms with Gasteiger partial charge in [0.2, 0.25) is 11.0 Å². The van der Waals surface area contributed by atoms with Crippen LogP contribution in [0.1, 0.15) is 36.5 Å². The van der Waals surface area contributed by atoms with Crippen LogP contribution in [0.5, 0.6) is 5.75 Å². The van der Waals surface area contributed by atoms with E-state index in [4.69, 9.17) is 4.74 Å². The molecule has 0 spiro atoms. The van der Waals surface area contributed by atoms with E-state index in [1.165, 1.54) is 34.4 Å². The summed E-state index contributed by atoms with van der Waals surface area (Å²) in [5.41, 5.74) is 0.877. The van der Waals surface area contributed by atoms with Crippen LogP contribution in [0, 0.1) is 5.82 Å². The summed E-state index contributed by atoms with van der Waals surface area (Å²) in [6, 6.07) is 13.3. The minimum absolute atomic E-state index is 0.0114. The van der Waals surface area contributed by atoms with Gasteiger partial charge in [-0.25, -0.2) is 4.39 Å². The predicted molar refractivity (Wildman–Crippen MR) is 122 cm³/mol. The molecule has 2 amide bonds. The number of hydrogen-bond donors (Lipinski definition) is 1. The minimum Gasteiger partial charge on any atom is -0.497 e. The number of benzene rings is 2. The van der Waals surface area contributed by atoms with Crippen LogP contribution in [0.2, 0.25) is 0 Å². The highest BCUT2D eigenvalue weighted by molar-refractivity contribution is 7.18. The molecule has 1 heterocycles. The zero-order valence-electron chi connectivity index (χ0n) is 18.0. The number of hydrogen-bond acceptors (Lipinski definition) is 6. The maximum Gasteiger partial charge on any atom is 0.256 e. The van der Waals surface area contributed by atoms with Crippen molar-refractivity contribution in [1.29, 1.82) is 0 Å². The fourth-order valence-corrected chi connectivity index (χ4v) is 3.78. The van der Waals surface area contributed by atoms with E-state index < -0.39 is 11.7 Å². The molecule has 3 rings (SSSR count). The molecule has 0 saturated heterocycles. The van der Waals surface area contributed by atoms with Gasteiger partial charge in [-0.1, -0.05) is 36.8 Å². The zero-order chi connectivity index (χ0) is 22.9. The monoisotopic (exact) mass is 456 g/mol. The van der Waals surface area contributed by atoms with E-state index in [-0.39, 0.29) is 24.4 Å². The highest BCUT2D eigenvalue weighted by Crippen LogP contribution is 2.27. The second kappa shape index (κ2) is 11.3. The van der Waals surface area contributed by atoms with Gasteiger partial charge in [0.15, 0.2) is 0 Å². The third-order valence-electron chi connectivity index (χ3n) is 4.79. The van der Waals surface area contributed by atoms with Crippen LogP contribution >= 0.6 is 11.3 Å². The lowest BCUT2D eigenvalue weighted by atomic mass is 10.1. The largest absolute Gasteiger partial charge is 0.497 e. The van der Waals surface area contributed by atoms with Gasteiger partial charge in [0.1, 0.15) is 16.6 Å². The molecule has 0 fully saturated rings. The summed E-state index contributed by atoms with van der Waals surface area (Å²) in [5.74, 6) is -0.528. The average molecular weight is 457 g/mol. The second-order valence-corrected chi connectivity index (χ2v) is 8.04. The summed E-state index contributed by atoms with van der Waals surface area (Å²) < 4.78 is 19.2. The highest BCUT2D eigenvalue weighted by Gasteiger charge is 2.20. The number of amides is 2. The van der Waals surface area contributed by atoms with Crippen LogP contribution in [-0.4, -0.2) is 47.1 Å². The number of ether oxygens (including phenoxy) is 1. The van der Waals surface area contributed by atoms with E-state index in [1.807, 2.05) is 31.2 Å². The maximum atomic E-state index is 14.0. The second-order valence-electron chi connectivity index (χ2n) is 7.06. The number of unbranched alkanes of at least 4 members (excludes halogenated alkanes) is 1. The number of aromatic nitrogens is 2. The Morgan fingerprint density at radius 2 is 1.84 bits per heavy atom. The number of halogens is 1. The normalized spacial score (nSPS) is 10.6. The summed E-state index contributed by atoms with van der Waals surface area (Å²) in [6.45, 7) is 2.65. The third kappa shape index (κ3) is 6.10. The van der Waals surface area contributed by atoms with Crippen LogP contribution in [0.15, 0.2) is 48.5 Å². The van der Waals surface area contributed by atoms with Crippen molar-refractivity contribution >= 4 is 28.3 Å². The molecule has 0 saturated carbocycles. The number of rotatable bonds is 10. The molecule has 0 aliphatic rings. The zero-order valence-corrected chi connectivity index (χ0v) is 18.8. The van der Waals surface area contributed by atoms with E-state index in [2.05, 4.69) is 15.5 Å². The van der Waals surface area contributed by atoms with E-state index in [0.717, 1.165) is 24.2 Å². The molecular weight excluding hydrogens is 431 g/mol. The molecular formula is C23H25FN4O3S. The van der Waals surface area contributed by atoms with Crippen molar-refractivity contribution in [2.45, 2.75) is 26.2 Å². The average Bonchev–Trinajstić information content (AvgIpc) is 3.27. The lowest BCUT2D eigenvalue weighted by molar-refractivity contribution is -0.116. The Balaban J connectivity index is 1.59. The minimum atomic E-state index is -0.566. The van der Waals surface area contributed by atoms with Crippen LogP contribution in [0.25, 0.3) is 10.6 Å². The SMILES string of the molecule is CCCCN(CCC(=O)Nc1nnc(-c2ccc(OC)cc2)s1)C(=O)c1ccccc1F. The fourth-order valence-electron chi connectivity index (χ4n) is 3.01. The van der Waals surface area contributed by atoms with Gasteiger partial charge in [-0.05, 0) is 42.8 Å². The lowest BCUT2D eigenvalue weighted by Gasteiger charge is -2.22. The highest BCUT2D eigenvalue weighted by atomic mass is 32.1. The summed E-state index contributed by atoms with van der Waals surface area (Å²) in [4.78, 5) is 26.7. The van der Waals surface area contributed by atoms with Gasteiger partial charge in [-0.2, -0.15) is 0 Å². The van der Waals surface area contributed by atoms with Crippen molar-refractivity contribution in [3.05, 3.63) is 59.9 Å². The first-order chi connectivity index (χ1) is 15.5. The Morgan fingerprint density at radius 1 is 1.09 bits per heavy atom. The number of nitrogens with one attached hydrogen (secondary N) is 1. The first kappa shape index (κ1) is 23.3. The summed E-state index contributed by atoms with van der Waals surface area (Å²) in [6.07, 6.45) is 1.72. The number of methoxy groups -OCH3 is 1. The van der Waals surface area contributed by atoms with E-state index in [9.17, 15) is 14.0 Å². The molecule has 0 atom stereocenters.